The van der Waals surface area contributed by atoms with Gasteiger partial charge in [-0.15, -0.1) is 0 Å². The summed E-state index contributed by atoms with van der Waals surface area (Å²) in [6.07, 6.45) is 6.38. The van der Waals surface area contributed by atoms with Crippen molar-refractivity contribution in [2.45, 2.75) is 0 Å². The van der Waals surface area contributed by atoms with Gasteiger partial charge in [-0.3, -0.25) is 0 Å². The summed E-state index contributed by atoms with van der Waals surface area (Å²) in [5.74, 6) is 0.180. The van der Waals surface area contributed by atoms with Crippen LogP contribution in [0.3, 0.4) is 0 Å². The standard InChI is InChI=1S/C11H8O4/c12-9-5-10(15-11(13)6-9)2-1-8-3-4-14-7-8/h1-7,12H/b2-1+. The van der Waals surface area contributed by atoms with Gasteiger partial charge in [-0.25, -0.2) is 4.79 Å². The summed E-state index contributed by atoms with van der Waals surface area (Å²) >= 11 is 0. The van der Waals surface area contributed by atoms with Crippen LogP contribution < -0.4 is 5.63 Å². The van der Waals surface area contributed by atoms with Crippen LogP contribution in [0.1, 0.15) is 11.3 Å². The van der Waals surface area contributed by atoms with Crippen molar-refractivity contribution in [2.24, 2.45) is 0 Å². The molecule has 2 aromatic heterocycles. The Morgan fingerprint density at radius 2 is 2.13 bits per heavy atom. The fraction of sp³-hybridized carbons (Fsp3) is 0. The van der Waals surface area contributed by atoms with Crippen molar-refractivity contribution in [3.8, 4) is 5.75 Å². The van der Waals surface area contributed by atoms with E-state index in [-0.39, 0.29) is 5.75 Å². The number of hydrogen-bond acceptors (Lipinski definition) is 4. The minimum absolute atomic E-state index is 0.113. The maximum atomic E-state index is 10.9. The summed E-state index contributed by atoms with van der Waals surface area (Å²) in [4.78, 5) is 10.9. The molecule has 0 saturated carbocycles. The van der Waals surface area contributed by atoms with Crippen LogP contribution >= 0.6 is 0 Å². The largest absolute Gasteiger partial charge is 0.508 e. The molecule has 0 radical (unpaired) electrons. The molecule has 15 heavy (non-hydrogen) atoms. The summed E-state index contributed by atoms with van der Waals surface area (Å²) in [6.45, 7) is 0. The Morgan fingerprint density at radius 3 is 2.80 bits per heavy atom. The highest BCUT2D eigenvalue weighted by atomic mass is 16.4. The van der Waals surface area contributed by atoms with Gasteiger partial charge in [0.25, 0.3) is 0 Å². The molecule has 4 nitrogen and oxygen atoms in total. The Kier molecular flexibility index (Phi) is 2.41. The first kappa shape index (κ1) is 9.33. The lowest BCUT2D eigenvalue weighted by Crippen LogP contribution is -1.95. The zero-order valence-corrected chi connectivity index (χ0v) is 7.71. The minimum Gasteiger partial charge on any atom is -0.508 e. The molecule has 0 bridgehead atoms. The predicted molar refractivity (Wildman–Crippen MR) is 54.3 cm³/mol. The van der Waals surface area contributed by atoms with Crippen LogP contribution in [0.15, 0.2) is 44.4 Å². The van der Waals surface area contributed by atoms with E-state index in [1.54, 1.807) is 24.5 Å². The van der Waals surface area contributed by atoms with E-state index >= 15 is 0 Å². The molecule has 2 heterocycles. The maximum Gasteiger partial charge on any atom is 0.339 e. The van der Waals surface area contributed by atoms with Crippen molar-refractivity contribution in [2.75, 3.05) is 0 Å². The molecular formula is C11H8O4. The van der Waals surface area contributed by atoms with E-state index in [9.17, 15) is 4.79 Å². The normalized spacial score (nSPS) is 10.9. The Hall–Kier alpha value is -2.23. The van der Waals surface area contributed by atoms with Crippen LogP contribution in [0, 0.1) is 0 Å². The van der Waals surface area contributed by atoms with E-state index in [1.165, 1.54) is 12.3 Å². The van der Waals surface area contributed by atoms with Crippen LogP contribution in [0.5, 0.6) is 5.75 Å². The Bertz CT molecular complexity index is 520. The van der Waals surface area contributed by atoms with E-state index in [2.05, 4.69) is 0 Å². The monoisotopic (exact) mass is 204 g/mol. The third-order valence-electron chi connectivity index (χ3n) is 1.76. The van der Waals surface area contributed by atoms with Crippen molar-refractivity contribution < 1.29 is 13.9 Å². The predicted octanol–water partition coefficient (Wildman–Crippen LogP) is 2.11. The molecule has 0 atom stereocenters. The summed E-state index contributed by atoms with van der Waals surface area (Å²) in [5.41, 5.74) is 0.267. The first-order valence-corrected chi connectivity index (χ1v) is 4.28. The number of hydrogen-bond donors (Lipinski definition) is 1. The zero-order chi connectivity index (χ0) is 10.7. The summed E-state index contributed by atoms with van der Waals surface area (Å²) in [7, 11) is 0. The molecule has 0 aromatic carbocycles. The summed E-state index contributed by atoms with van der Waals surface area (Å²) < 4.78 is 9.68. The Morgan fingerprint density at radius 1 is 1.27 bits per heavy atom. The van der Waals surface area contributed by atoms with E-state index in [0.717, 1.165) is 11.6 Å². The second-order valence-electron chi connectivity index (χ2n) is 2.93. The lowest BCUT2D eigenvalue weighted by Gasteiger charge is -1.92. The average molecular weight is 204 g/mol. The Labute approximate surface area is 85.1 Å². The summed E-state index contributed by atoms with van der Waals surface area (Å²) in [5, 5.41) is 9.14. The first-order valence-electron chi connectivity index (χ1n) is 4.28. The summed E-state index contributed by atoms with van der Waals surface area (Å²) in [6, 6.07) is 4.13. The molecular weight excluding hydrogens is 196 g/mol. The highest BCUT2D eigenvalue weighted by Crippen LogP contribution is 2.11. The number of aromatic hydroxyl groups is 1. The molecule has 0 aliphatic carbocycles. The average Bonchev–Trinajstić information content (AvgIpc) is 2.65. The lowest BCUT2D eigenvalue weighted by atomic mass is 10.3. The van der Waals surface area contributed by atoms with E-state index < -0.39 is 5.63 Å². The first-order chi connectivity index (χ1) is 7.24. The van der Waals surface area contributed by atoms with Crippen molar-refractivity contribution in [3.05, 3.63) is 52.5 Å². The van der Waals surface area contributed by atoms with Gasteiger partial charge >= 0.3 is 5.63 Å². The van der Waals surface area contributed by atoms with Crippen LogP contribution in [-0.4, -0.2) is 5.11 Å². The molecule has 0 spiro atoms. The van der Waals surface area contributed by atoms with E-state index in [0.29, 0.717) is 5.76 Å². The van der Waals surface area contributed by atoms with Crippen LogP contribution in [0.4, 0.5) is 0 Å². The fourth-order valence-corrected chi connectivity index (χ4v) is 1.11. The van der Waals surface area contributed by atoms with Gasteiger partial charge in [-0.05, 0) is 18.2 Å². The zero-order valence-electron chi connectivity index (χ0n) is 7.71. The second kappa shape index (κ2) is 3.88. The quantitative estimate of drug-likeness (QED) is 0.813. The van der Waals surface area contributed by atoms with Gasteiger partial charge in [-0.2, -0.15) is 0 Å². The van der Waals surface area contributed by atoms with Crippen LogP contribution in [0.25, 0.3) is 12.2 Å². The van der Waals surface area contributed by atoms with Crippen molar-refractivity contribution in [3.63, 3.8) is 0 Å². The van der Waals surface area contributed by atoms with Crippen molar-refractivity contribution >= 4 is 12.2 Å². The molecule has 0 fully saturated rings. The second-order valence-corrected chi connectivity index (χ2v) is 2.93. The van der Waals surface area contributed by atoms with E-state index in [1.807, 2.05) is 0 Å². The van der Waals surface area contributed by atoms with Crippen molar-refractivity contribution in [1.29, 1.82) is 0 Å². The molecule has 1 N–H and O–H groups in total. The van der Waals surface area contributed by atoms with E-state index in [4.69, 9.17) is 13.9 Å². The molecule has 0 unspecified atom stereocenters. The molecule has 2 rings (SSSR count). The fourth-order valence-electron chi connectivity index (χ4n) is 1.11. The number of rotatable bonds is 2. The topological polar surface area (TPSA) is 63.6 Å². The van der Waals surface area contributed by atoms with Gasteiger partial charge in [0.1, 0.15) is 11.5 Å². The van der Waals surface area contributed by atoms with Gasteiger partial charge in [0.15, 0.2) is 0 Å². The lowest BCUT2D eigenvalue weighted by molar-refractivity contribution is 0.444. The molecule has 76 valence electrons. The smallest absolute Gasteiger partial charge is 0.339 e. The molecule has 4 heteroatoms. The molecule has 0 amide bonds. The van der Waals surface area contributed by atoms with Crippen LogP contribution in [-0.2, 0) is 0 Å². The highest BCUT2D eigenvalue weighted by molar-refractivity contribution is 5.66. The van der Waals surface area contributed by atoms with Gasteiger partial charge < -0.3 is 13.9 Å². The molecule has 0 saturated heterocycles. The third-order valence-corrected chi connectivity index (χ3v) is 1.76. The highest BCUT2D eigenvalue weighted by Gasteiger charge is 1.96. The molecule has 2 aromatic rings. The maximum absolute atomic E-state index is 10.9. The molecule has 0 aliphatic heterocycles. The molecule has 0 aliphatic rings. The minimum atomic E-state index is -0.582. The van der Waals surface area contributed by atoms with Crippen molar-refractivity contribution in [1.82, 2.24) is 0 Å². The van der Waals surface area contributed by atoms with Crippen LogP contribution in [0.2, 0.25) is 0 Å². The van der Waals surface area contributed by atoms with Gasteiger partial charge in [-0.1, -0.05) is 0 Å². The number of furan rings is 1. The SMILES string of the molecule is O=c1cc(O)cc(/C=C/c2ccoc2)o1. The van der Waals surface area contributed by atoms with Gasteiger partial charge in [0.2, 0.25) is 0 Å². The third kappa shape index (κ3) is 2.37. The van der Waals surface area contributed by atoms with Gasteiger partial charge in [0.05, 0.1) is 18.6 Å². The Balaban J connectivity index is 2.28. The van der Waals surface area contributed by atoms with Gasteiger partial charge in [0, 0.05) is 11.6 Å².